The van der Waals surface area contributed by atoms with Crippen LogP contribution in [0.4, 0.5) is 0 Å². The first-order chi connectivity index (χ1) is 9.90. The molecule has 0 aliphatic carbocycles. The number of hydrogen-bond donors (Lipinski definition) is 1. The van der Waals surface area contributed by atoms with Gasteiger partial charge in [0, 0.05) is 6.54 Å². The third kappa shape index (κ3) is 4.66. The molecule has 0 spiro atoms. The lowest BCUT2D eigenvalue weighted by atomic mass is 10.2. The molecular formula is C15H22N4O. The lowest BCUT2D eigenvalue weighted by Gasteiger charge is -2.04. The number of nitrogens with one attached hydrogen (secondary N) is 1. The summed E-state index contributed by atoms with van der Waals surface area (Å²) in [4.78, 5) is 4.14. The van der Waals surface area contributed by atoms with Gasteiger partial charge in [-0.05, 0) is 25.1 Å². The molecule has 20 heavy (non-hydrogen) atoms. The predicted molar refractivity (Wildman–Crippen MR) is 79.2 cm³/mol. The molecule has 1 heterocycles. The molecule has 0 amide bonds. The monoisotopic (exact) mass is 274 g/mol. The number of nitrogens with zero attached hydrogens (tertiary/aromatic N) is 3. The SMILES string of the molecule is CCCCCNCCOc1ncn(-c2ccccc2)n1. The Morgan fingerprint density at radius 1 is 1.15 bits per heavy atom. The molecular weight excluding hydrogens is 252 g/mol. The maximum absolute atomic E-state index is 5.51. The first-order valence-corrected chi connectivity index (χ1v) is 7.20. The summed E-state index contributed by atoms with van der Waals surface area (Å²) in [6.07, 6.45) is 5.41. The molecule has 1 aromatic heterocycles. The van der Waals surface area contributed by atoms with E-state index in [9.17, 15) is 0 Å². The molecule has 0 radical (unpaired) electrons. The molecule has 1 N–H and O–H groups in total. The average Bonchev–Trinajstić information content (AvgIpc) is 2.96. The van der Waals surface area contributed by atoms with Crippen LogP contribution in [0.5, 0.6) is 6.01 Å². The molecule has 108 valence electrons. The van der Waals surface area contributed by atoms with Gasteiger partial charge in [-0.1, -0.05) is 38.0 Å². The molecule has 0 unspecified atom stereocenters. The summed E-state index contributed by atoms with van der Waals surface area (Å²) < 4.78 is 7.22. The van der Waals surface area contributed by atoms with Crippen LogP contribution < -0.4 is 10.1 Å². The summed E-state index contributed by atoms with van der Waals surface area (Å²) in [5.41, 5.74) is 0.979. The van der Waals surface area contributed by atoms with E-state index in [1.54, 1.807) is 11.0 Å². The zero-order valence-corrected chi connectivity index (χ0v) is 12.0. The van der Waals surface area contributed by atoms with Gasteiger partial charge in [-0.2, -0.15) is 4.98 Å². The third-order valence-corrected chi connectivity index (χ3v) is 2.96. The molecule has 0 saturated carbocycles. The maximum atomic E-state index is 5.51. The van der Waals surface area contributed by atoms with Crippen LogP contribution in [0.25, 0.3) is 5.69 Å². The fraction of sp³-hybridized carbons (Fsp3) is 0.467. The number of hydrogen-bond acceptors (Lipinski definition) is 4. The standard InChI is InChI=1S/C15H22N4O/c1-2-3-7-10-16-11-12-20-15-17-13-19(18-15)14-8-5-4-6-9-14/h4-6,8-9,13,16H,2-3,7,10-12H2,1H3. The van der Waals surface area contributed by atoms with Crippen molar-refractivity contribution in [3.05, 3.63) is 36.7 Å². The number of aromatic nitrogens is 3. The number of unbranched alkanes of at least 4 members (excludes halogenated alkanes) is 2. The van der Waals surface area contributed by atoms with Crippen LogP contribution in [-0.4, -0.2) is 34.5 Å². The number of benzene rings is 1. The quantitative estimate of drug-likeness (QED) is 0.714. The van der Waals surface area contributed by atoms with Crippen LogP contribution in [0.3, 0.4) is 0 Å². The number of para-hydroxylation sites is 1. The highest BCUT2D eigenvalue weighted by molar-refractivity contribution is 5.29. The van der Waals surface area contributed by atoms with E-state index in [-0.39, 0.29) is 0 Å². The molecule has 1 aromatic carbocycles. The van der Waals surface area contributed by atoms with E-state index in [4.69, 9.17) is 4.74 Å². The van der Waals surface area contributed by atoms with Crippen molar-refractivity contribution in [3.63, 3.8) is 0 Å². The second-order valence-electron chi connectivity index (χ2n) is 4.61. The molecule has 0 aliphatic heterocycles. The van der Waals surface area contributed by atoms with E-state index in [2.05, 4.69) is 22.3 Å². The van der Waals surface area contributed by atoms with E-state index in [0.29, 0.717) is 12.6 Å². The van der Waals surface area contributed by atoms with Crippen LogP contribution in [0, 0.1) is 0 Å². The highest BCUT2D eigenvalue weighted by atomic mass is 16.5. The van der Waals surface area contributed by atoms with Gasteiger partial charge >= 0.3 is 6.01 Å². The van der Waals surface area contributed by atoms with Crippen molar-refractivity contribution < 1.29 is 4.74 Å². The summed E-state index contributed by atoms with van der Waals surface area (Å²) in [6, 6.07) is 10.3. The van der Waals surface area contributed by atoms with Crippen molar-refractivity contribution in [1.29, 1.82) is 0 Å². The minimum Gasteiger partial charge on any atom is -0.461 e. The summed E-state index contributed by atoms with van der Waals surface area (Å²) in [7, 11) is 0. The molecule has 0 atom stereocenters. The van der Waals surface area contributed by atoms with Crippen LogP contribution >= 0.6 is 0 Å². The van der Waals surface area contributed by atoms with E-state index < -0.39 is 0 Å². The van der Waals surface area contributed by atoms with Crippen molar-refractivity contribution in [2.24, 2.45) is 0 Å². The summed E-state index contributed by atoms with van der Waals surface area (Å²) in [6.45, 7) is 4.66. The molecule has 0 bridgehead atoms. The molecule has 5 nitrogen and oxygen atoms in total. The Labute approximate surface area is 120 Å². The highest BCUT2D eigenvalue weighted by Gasteiger charge is 2.02. The second-order valence-corrected chi connectivity index (χ2v) is 4.61. The van der Waals surface area contributed by atoms with E-state index in [1.165, 1.54) is 19.3 Å². The largest absolute Gasteiger partial charge is 0.461 e. The van der Waals surface area contributed by atoms with Gasteiger partial charge in [0.05, 0.1) is 5.69 Å². The lowest BCUT2D eigenvalue weighted by Crippen LogP contribution is -2.22. The Morgan fingerprint density at radius 2 is 2.00 bits per heavy atom. The first-order valence-electron chi connectivity index (χ1n) is 7.20. The number of rotatable bonds is 9. The van der Waals surface area contributed by atoms with Gasteiger partial charge in [-0.25, -0.2) is 4.68 Å². The summed E-state index contributed by atoms with van der Waals surface area (Å²) in [5, 5.41) is 7.62. The number of ether oxygens (including phenoxy) is 1. The van der Waals surface area contributed by atoms with E-state index in [0.717, 1.165) is 18.8 Å². The molecule has 2 rings (SSSR count). The highest BCUT2D eigenvalue weighted by Crippen LogP contribution is 2.07. The van der Waals surface area contributed by atoms with Crippen LogP contribution in [0.1, 0.15) is 26.2 Å². The zero-order chi connectivity index (χ0) is 14.0. The average molecular weight is 274 g/mol. The lowest BCUT2D eigenvalue weighted by molar-refractivity contribution is 0.290. The Balaban J connectivity index is 1.69. The Morgan fingerprint density at radius 3 is 2.80 bits per heavy atom. The molecule has 5 heteroatoms. The van der Waals surface area contributed by atoms with Gasteiger partial charge in [0.15, 0.2) is 0 Å². The van der Waals surface area contributed by atoms with Gasteiger partial charge in [0.25, 0.3) is 0 Å². The van der Waals surface area contributed by atoms with Gasteiger partial charge in [0.1, 0.15) is 12.9 Å². The van der Waals surface area contributed by atoms with E-state index >= 15 is 0 Å². The molecule has 2 aromatic rings. The van der Waals surface area contributed by atoms with Crippen molar-refractivity contribution >= 4 is 0 Å². The maximum Gasteiger partial charge on any atom is 0.335 e. The topological polar surface area (TPSA) is 52.0 Å². The van der Waals surface area contributed by atoms with Gasteiger partial charge in [-0.3, -0.25) is 0 Å². The predicted octanol–water partition coefficient (Wildman–Crippen LogP) is 2.43. The van der Waals surface area contributed by atoms with Crippen molar-refractivity contribution in [3.8, 4) is 11.7 Å². The van der Waals surface area contributed by atoms with Crippen molar-refractivity contribution in [1.82, 2.24) is 20.1 Å². The van der Waals surface area contributed by atoms with Gasteiger partial charge in [0.2, 0.25) is 0 Å². The summed E-state index contributed by atoms with van der Waals surface area (Å²) >= 11 is 0. The van der Waals surface area contributed by atoms with E-state index in [1.807, 2.05) is 30.3 Å². The zero-order valence-electron chi connectivity index (χ0n) is 12.0. The van der Waals surface area contributed by atoms with Crippen molar-refractivity contribution in [2.75, 3.05) is 19.7 Å². The molecule has 0 saturated heterocycles. The van der Waals surface area contributed by atoms with Gasteiger partial charge in [-0.15, -0.1) is 5.10 Å². The minimum atomic E-state index is 0.421. The van der Waals surface area contributed by atoms with Crippen LogP contribution in [-0.2, 0) is 0 Å². The minimum absolute atomic E-state index is 0.421. The van der Waals surface area contributed by atoms with Gasteiger partial charge < -0.3 is 10.1 Å². The normalized spacial score (nSPS) is 10.7. The van der Waals surface area contributed by atoms with Crippen LogP contribution in [0.15, 0.2) is 36.7 Å². The summed E-state index contributed by atoms with van der Waals surface area (Å²) in [5.74, 6) is 0. The second kappa shape index (κ2) is 8.32. The smallest absolute Gasteiger partial charge is 0.335 e. The fourth-order valence-electron chi connectivity index (χ4n) is 1.86. The van der Waals surface area contributed by atoms with Crippen LogP contribution in [0.2, 0.25) is 0 Å². The Bertz CT molecular complexity index is 484. The Kier molecular flexibility index (Phi) is 6.05. The Hall–Kier alpha value is -1.88. The third-order valence-electron chi connectivity index (χ3n) is 2.96. The fourth-order valence-corrected chi connectivity index (χ4v) is 1.86. The van der Waals surface area contributed by atoms with Crippen molar-refractivity contribution in [2.45, 2.75) is 26.2 Å². The first kappa shape index (κ1) is 14.5. The molecule has 0 fully saturated rings. The molecule has 0 aliphatic rings.